The van der Waals surface area contributed by atoms with E-state index in [2.05, 4.69) is 5.32 Å². The Kier molecular flexibility index (Phi) is 2.12. The third-order valence-corrected chi connectivity index (χ3v) is 5.62. The van der Waals surface area contributed by atoms with Crippen molar-refractivity contribution < 1.29 is 23.4 Å². The molecular weight excluding hydrogens is 292 g/mol. The molecule has 0 bridgehead atoms. The maximum Gasteiger partial charge on any atom is 0.243 e. The van der Waals surface area contributed by atoms with Gasteiger partial charge in [-0.25, -0.2) is 8.42 Å². The number of ether oxygens (including phenoxy) is 2. The summed E-state index contributed by atoms with van der Waals surface area (Å²) in [5.74, 6) is -0.173. The van der Waals surface area contributed by atoms with Crippen LogP contribution in [-0.4, -0.2) is 52.0 Å². The molecule has 6 nitrogen and oxygen atoms in total. The van der Waals surface area contributed by atoms with E-state index in [9.17, 15) is 8.42 Å². The minimum Gasteiger partial charge on any atom is -0.486 e. The molecule has 0 aromatic heterocycles. The van der Waals surface area contributed by atoms with Crippen LogP contribution in [0.2, 0.25) is 0 Å². The second-order valence-corrected chi connectivity index (χ2v) is 7.04. The van der Waals surface area contributed by atoms with Gasteiger partial charge in [0.2, 0.25) is 10.0 Å². The van der Waals surface area contributed by atoms with Crippen LogP contribution in [0, 0.1) is 0 Å². The van der Waals surface area contributed by atoms with Crippen molar-refractivity contribution in [3.63, 3.8) is 0 Å². The van der Waals surface area contributed by atoms with E-state index < -0.39 is 23.1 Å². The quantitative estimate of drug-likeness (QED) is 0.799. The summed E-state index contributed by atoms with van der Waals surface area (Å²) in [5.41, 5.74) is 2.18. The maximum absolute atomic E-state index is 12.9. The Morgan fingerprint density at radius 2 is 1.76 bits per heavy atom. The molecule has 0 spiro atoms. The van der Waals surface area contributed by atoms with Gasteiger partial charge >= 0.3 is 0 Å². The first-order chi connectivity index (χ1) is 11.6. The fourth-order valence-corrected chi connectivity index (χ4v) is 4.16. The Morgan fingerprint density at radius 3 is 2.48 bits per heavy atom. The second-order valence-electron chi connectivity index (χ2n) is 5.10. The van der Waals surface area contributed by atoms with Crippen LogP contribution in [0.5, 0.6) is 11.5 Å². The summed E-state index contributed by atoms with van der Waals surface area (Å²) in [4.78, 5) is -0.0396. The highest BCUT2D eigenvalue weighted by atomic mass is 32.2. The molecule has 3 aliphatic heterocycles. The number of hydrogen-bond acceptors (Lipinski definition) is 5. The summed E-state index contributed by atoms with van der Waals surface area (Å²) in [7, 11) is -3.77. The van der Waals surface area contributed by atoms with E-state index in [4.69, 9.17) is 15.0 Å². The SMILES string of the molecule is [2H]C1([2H])Oc2ccc(S(=O)(=O)N3CC4=C(CNC4)C3)cc2OC1([2H])[2H]. The van der Waals surface area contributed by atoms with Gasteiger partial charge in [-0.3, -0.25) is 0 Å². The van der Waals surface area contributed by atoms with E-state index in [1.54, 1.807) is 0 Å². The number of fused-ring (bicyclic) bond motifs is 1. The Labute approximate surface area is 129 Å². The molecule has 0 atom stereocenters. The van der Waals surface area contributed by atoms with Crippen LogP contribution in [0.15, 0.2) is 34.2 Å². The van der Waals surface area contributed by atoms with Gasteiger partial charge in [-0.1, -0.05) is 0 Å². The van der Waals surface area contributed by atoms with E-state index in [1.807, 2.05) is 0 Å². The average Bonchev–Trinajstić information content (AvgIpc) is 3.08. The van der Waals surface area contributed by atoms with Gasteiger partial charge in [0.15, 0.2) is 11.5 Å². The van der Waals surface area contributed by atoms with Gasteiger partial charge < -0.3 is 14.8 Å². The third kappa shape index (κ3) is 2.12. The van der Waals surface area contributed by atoms with Crippen molar-refractivity contribution in [2.75, 3.05) is 39.3 Å². The highest BCUT2D eigenvalue weighted by Crippen LogP contribution is 2.34. The molecule has 1 aromatic rings. The summed E-state index contributed by atoms with van der Waals surface area (Å²) in [6.45, 7) is -3.35. The zero-order valence-electron chi connectivity index (χ0n) is 15.0. The van der Waals surface area contributed by atoms with E-state index in [1.165, 1.54) is 22.5 Å². The highest BCUT2D eigenvalue weighted by molar-refractivity contribution is 7.89. The van der Waals surface area contributed by atoms with Crippen LogP contribution in [0.25, 0.3) is 0 Å². The molecule has 7 heteroatoms. The largest absolute Gasteiger partial charge is 0.486 e. The number of nitrogens with zero attached hydrogens (tertiary/aromatic N) is 1. The van der Waals surface area contributed by atoms with Gasteiger partial charge in [0.25, 0.3) is 0 Å². The monoisotopic (exact) mass is 312 g/mol. The molecule has 4 rings (SSSR count). The van der Waals surface area contributed by atoms with Crippen LogP contribution < -0.4 is 14.8 Å². The van der Waals surface area contributed by atoms with Crippen LogP contribution in [0.4, 0.5) is 0 Å². The Morgan fingerprint density at radius 1 is 1.10 bits per heavy atom. The zero-order valence-corrected chi connectivity index (χ0v) is 11.9. The van der Waals surface area contributed by atoms with Crippen molar-refractivity contribution >= 4 is 10.0 Å². The summed E-state index contributed by atoms with van der Waals surface area (Å²) in [6.07, 6.45) is 0. The minimum atomic E-state index is -3.77. The lowest BCUT2D eigenvalue weighted by atomic mass is 10.2. The molecule has 0 saturated heterocycles. The molecule has 112 valence electrons. The molecule has 3 aliphatic rings. The van der Waals surface area contributed by atoms with E-state index in [0.29, 0.717) is 26.2 Å². The first-order valence-electron chi connectivity index (χ1n) is 8.53. The van der Waals surface area contributed by atoms with Gasteiger partial charge in [-0.15, -0.1) is 0 Å². The molecule has 0 radical (unpaired) electrons. The molecular formula is C14H16N2O4S. The number of benzene rings is 1. The Bertz CT molecular complexity index is 869. The van der Waals surface area contributed by atoms with Gasteiger partial charge in [-0.2, -0.15) is 4.31 Å². The third-order valence-electron chi connectivity index (χ3n) is 3.83. The lowest BCUT2D eigenvalue weighted by Gasteiger charge is -2.21. The zero-order chi connectivity index (χ0) is 18.0. The van der Waals surface area contributed by atoms with Crippen LogP contribution in [0.3, 0.4) is 0 Å². The summed E-state index contributed by atoms with van der Waals surface area (Å²) >= 11 is 0. The fourth-order valence-electron chi connectivity index (χ4n) is 2.71. The van der Waals surface area contributed by atoms with Crippen molar-refractivity contribution in [1.29, 1.82) is 0 Å². The van der Waals surface area contributed by atoms with E-state index in [-0.39, 0.29) is 16.4 Å². The number of rotatable bonds is 2. The molecule has 0 saturated carbocycles. The summed E-state index contributed by atoms with van der Waals surface area (Å²) in [5, 5.41) is 3.18. The average molecular weight is 312 g/mol. The summed E-state index contributed by atoms with van der Waals surface area (Å²) in [6, 6.07) is 3.78. The standard InChI is InChI=1S/C14H16N2O4S/c17-21(18,16-8-10-6-15-7-11(10)9-16)12-1-2-13-14(5-12)20-4-3-19-13/h1-2,5,15H,3-4,6-9H2/i3D2,4D2. The van der Waals surface area contributed by atoms with Gasteiger partial charge in [-0.05, 0) is 23.3 Å². The topological polar surface area (TPSA) is 67.9 Å². The smallest absolute Gasteiger partial charge is 0.243 e. The molecule has 3 heterocycles. The number of hydrogen-bond donors (Lipinski definition) is 1. The number of sulfonamides is 1. The molecule has 0 fully saturated rings. The second kappa shape index (κ2) is 4.72. The molecule has 1 aromatic carbocycles. The highest BCUT2D eigenvalue weighted by Gasteiger charge is 2.34. The lowest BCUT2D eigenvalue weighted by molar-refractivity contribution is 0.171. The van der Waals surface area contributed by atoms with Crippen molar-refractivity contribution in [3.8, 4) is 11.5 Å². The Hall–Kier alpha value is -1.57. The van der Waals surface area contributed by atoms with Crippen molar-refractivity contribution in [1.82, 2.24) is 9.62 Å². The molecule has 21 heavy (non-hydrogen) atoms. The predicted octanol–water partition coefficient (Wildman–Crippen LogP) is 0.362. The molecule has 1 N–H and O–H groups in total. The first kappa shape index (κ1) is 9.45. The summed E-state index contributed by atoms with van der Waals surface area (Å²) < 4.78 is 67.4. The van der Waals surface area contributed by atoms with E-state index >= 15 is 0 Å². The van der Waals surface area contributed by atoms with Gasteiger partial charge in [0.05, 0.1) is 10.4 Å². The van der Waals surface area contributed by atoms with Crippen LogP contribution in [-0.2, 0) is 10.0 Å². The predicted molar refractivity (Wildman–Crippen MR) is 76.1 cm³/mol. The van der Waals surface area contributed by atoms with Crippen molar-refractivity contribution in [3.05, 3.63) is 29.3 Å². The van der Waals surface area contributed by atoms with Gasteiger partial charge in [0, 0.05) is 32.2 Å². The number of nitrogens with one attached hydrogen (secondary N) is 1. The Balaban J connectivity index is 1.65. The van der Waals surface area contributed by atoms with Crippen LogP contribution in [0.1, 0.15) is 5.48 Å². The van der Waals surface area contributed by atoms with Crippen molar-refractivity contribution in [2.24, 2.45) is 0 Å². The van der Waals surface area contributed by atoms with Gasteiger partial charge in [0.1, 0.15) is 13.1 Å². The first-order valence-corrected chi connectivity index (χ1v) is 7.97. The lowest BCUT2D eigenvalue weighted by Crippen LogP contribution is -2.32. The van der Waals surface area contributed by atoms with E-state index in [0.717, 1.165) is 11.1 Å². The maximum atomic E-state index is 12.9. The van der Waals surface area contributed by atoms with Crippen LogP contribution >= 0.6 is 0 Å². The molecule has 0 amide bonds. The minimum absolute atomic E-state index is 0.0367. The normalized spacial score (nSPS) is 29.3. The fraction of sp³-hybridized carbons (Fsp3) is 0.429. The van der Waals surface area contributed by atoms with Crippen molar-refractivity contribution in [2.45, 2.75) is 4.90 Å². The molecule has 0 aliphatic carbocycles. The molecule has 0 unspecified atom stereocenters.